The number of carboxylic acid groups (broad SMARTS) is 1. The Balaban J connectivity index is 2.12. The standard InChI is InChI=1S/C15H19N3O3/c1-3-8-15(2,14(20)21)17-13(19)9-18-10-16-11-6-4-5-7-12(11)18/h4-7,10H,3,8-9H2,1-2H3,(H,17,19)(H,20,21). The normalized spacial score (nSPS) is 13.8. The monoisotopic (exact) mass is 289 g/mol. The molecule has 0 aliphatic heterocycles. The van der Waals surface area contributed by atoms with E-state index in [0.29, 0.717) is 12.8 Å². The zero-order chi connectivity index (χ0) is 15.5. The van der Waals surface area contributed by atoms with Gasteiger partial charge >= 0.3 is 5.97 Å². The Hall–Kier alpha value is -2.37. The summed E-state index contributed by atoms with van der Waals surface area (Å²) < 4.78 is 1.71. The number of aliphatic carboxylic acids is 1. The molecule has 0 saturated heterocycles. The summed E-state index contributed by atoms with van der Waals surface area (Å²) in [5, 5.41) is 11.9. The third-order valence-electron chi connectivity index (χ3n) is 3.48. The van der Waals surface area contributed by atoms with Gasteiger partial charge in [0.2, 0.25) is 5.91 Å². The van der Waals surface area contributed by atoms with Gasteiger partial charge in [-0.15, -0.1) is 0 Å². The van der Waals surface area contributed by atoms with Crippen molar-refractivity contribution in [1.29, 1.82) is 0 Å². The number of imidazole rings is 1. The second kappa shape index (κ2) is 5.95. The van der Waals surface area contributed by atoms with Crippen molar-refractivity contribution < 1.29 is 14.7 Å². The number of carbonyl (C=O) groups is 2. The van der Waals surface area contributed by atoms with Crippen LogP contribution in [0.3, 0.4) is 0 Å². The number of amides is 1. The number of rotatable bonds is 6. The Morgan fingerprint density at radius 3 is 2.76 bits per heavy atom. The van der Waals surface area contributed by atoms with Crippen molar-refractivity contribution in [3.63, 3.8) is 0 Å². The number of carboxylic acids is 1. The lowest BCUT2D eigenvalue weighted by molar-refractivity contribution is -0.147. The third kappa shape index (κ3) is 3.21. The van der Waals surface area contributed by atoms with E-state index in [2.05, 4.69) is 10.3 Å². The van der Waals surface area contributed by atoms with E-state index in [-0.39, 0.29) is 12.5 Å². The van der Waals surface area contributed by atoms with Crippen LogP contribution < -0.4 is 5.32 Å². The van der Waals surface area contributed by atoms with Crippen molar-refractivity contribution in [1.82, 2.24) is 14.9 Å². The Morgan fingerprint density at radius 1 is 1.38 bits per heavy atom. The number of hydrogen-bond acceptors (Lipinski definition) is 3. The van der Waals surface area contributed by atoms with Crippen LogP contribution in [0.25, 0.3) is 11.0 Å². The third-order valence-corrected chi connectivity index (χ3v) is 3.48. The molecule has 1 aromatic heterocycles. The summed E-state index contributed by atoms with van der Waals surface area (Å²) in [7, 11) is 0. The predicted molar refractivity (Wildman–Crippen MR) is 78.8 cm³/mol. The Kier molecular flexibility index (Phi) is 4.26. The van der Waals surface area contributed by atoms with Gasteiger partial charge < -0.3 is 15.0 Å². The molecule has 2 aromatic rings. The van der Waals surface area contributed by atoms with Crippen molar-refractivity contribution in [2.75, 3.05) is 0 Å². The van der Waals surface area contributed by atoms with Crippen LogP contribution in [0.15, 0.2) is 30.6 Å². The van der Waals surface area contributed by atoms with Crippen LogP contribution in [-0.4, -0.2) is 32.1 Å². The summed E-state index contributed by atoms with van der Waals surface area (Å²) in [4.78, 5) is 27.7. The van der Waals surface area contributed by atoms with Gasteiger partial charge in [-0.1, -0.05) is 25.5 Å². The Labute approximate surface area is 122 Å². The topological polar surface area (TPSA) is 84.2 Å². The van der Waals surface area contributed by atoms with Crippen molar-refractivity contribution in [2.24, 2.45) is 0 Å². The molecule has 2 rings (SSSR count). The molecule has 1 heterocycles. The molecule has 1 unspecified atom stereocenters. The molecule has 21 heavy (non-hydrogen) atoms. The molecule has 1 atom stereocenters. The summed E-state index contributed by atoms with van der Waals surface area (Å²) in [5.41, 5.74) is 0.419. The minimum Gasteiger partial charge on any atom is -0.480 e. The maximum atomic E-state index is 12.1. The lowest BCUT2D eigenvalue weighted by atomic mass is 9.96. The van der Waals surface area contributed by atoms with Crippen molar-refractivity contribution in [3.05, 3.63) is 30.6 Å². The van der Waals surface area contributed by atoms with Gasteiger partial charge in [-0.2, -0.15) is 0 Å². The summed E-state index contributed by atoms with van der Waals surface area (Å²) in [6.07, 6.45) is 2.65. The lowest BCUT2D eigenvalue weighted by Crippen LogP contribution is -2.52. The molecule has 0 bridgehead atoms. The number of fused-ring (bicyclic) bond motifs is 1. The minimum atomic E-state index is -1.23. The van der Waals surface area contributed by atoms with Gasteiger partial charge in [-0.25, -0.2) is 9.78 Å². The van der Waals surface area contributed by atoms with Gasteiger partial charge in [0.05, 0.1) is 17.4 Å². The first-order chi connectivity index (χ1) is 9.96. The number of nitrogens with zero attached hydrogens (tertiary/aromatic N) is 2. The first-order valence-electron chi connectivity index (χ1n) is 6.90. The van der Waals surface area contributed by atoms with Crippen LogP contribution in [0.4, 0.5) is 0 Å². The molecule has 0 aliphatic rings. The van der Waals surface area contributed by atoms with E-state index in [4.69, 9.17) is 0 Å². The molecular weight excluding hydrogens is 270 g/mol. The molecule has 6 nitrogen and oxygen atoms in total. The highest BCUT2D eigenvalue weighted by Crippen LogP contribution is 2.14. The quantitative estimate of drug-likeness (QED) is 0.849. The van der Waals surface area contributed by atoms with Crippen LogP contribution in [0.5, 0.6) is 0 Å². The smallest absolute Gasteiger partial charge is 0.329 e. The Morgan fingerprint density at radius 2 is 2.10 bits per heavy atom. The van der Waals surface area contributed by atoms with Crippen LogP contribution in [0.1, 0.15) is 26.7 Å². The number of aromatic nitrogens is 2. The molecule has 0 aliphatic carbocycles. The molecule has 6 heteroatoms. The van der Waals surface area contributed by atoms with E-state index >= 15 is 0 Å². The second-order valence-corrected chi connectivity index (χ2v) is 5.30. The maximum Gasteiger partial charge on any atom is 0.329 e. The zero-order valence-corrected chi connectivity index (χ0v) is 12.2. The highest BCUT2D eigenvalue weighted by atomic mass is 16.4. The summed E-state index contributed by atoms with van der Waals surface area (Å²) in [6, 6.07) is 7.49. The zero-order valence-electron chi connectivity index (χ0n) is 12.2. The lowest BCUT2D eigenvalue weighted by Gasteiger charge is -2.25. The molecule has 0 spiro atoms. The van der Waals surface area contributed by atoms with E-state index in [0.717, 1.165) is 11.0 Å². The van der Waals surface area contributed by atoms with E-state index in [1.807, 2.05) is 31.2 Å². The first kappa shape index (κ1) is 15.0. The van der Waals surface area contributed by atoms with Gasteiger partial charge in [-0.05, 0) is 25.5 Å². The minimum absolute atomic E-state index is 0.0487. The highest BCUT2D eigenvalue weighted by molar-refractivity contribution is 5.87. The molecule has 112 valence electrons. The van der Waals surface area contributed by atoms with Gasteiger partial charge in [0, 0.05) is 0 Å². The molecule has 0 fully saturated rings. The average Bonchev–Trinajstić information content (AvgIpc) is 2.82. The van der Waals surface area contributed by atoms with Crippen LogP contribution in [0, 0.1) is 0 Å². The number of carbonyl (C=O) groups excluding carboxylic acids is 1. The number of benzene rings is 1. The maximum absolute atomic E-state index is 12.1. The van der Waals surface area contributed by atoms with Crippen LogP contribution in [-0.2, 0) is 16.1 Å². The summed E-state index contributed by atoms with van der Waals surface area (Å²) >= 11 is 0. The Bertz CT molecular complexity index is 665. The predicted octanol–water partition coefficient (Wildman–Crippen LogP) is 1.80. The molecule has 1 aromatic carbocycles. The van der Waals surface area contributed by atoms with Gasteiger partial charge in [-0.3, -0.25) is 4.79 Å². The largest absolute Gasteiger partial charge is 0.480 e. The number of nitrogens with one attached hydrogen (secondary N) is 1. The van der Waals surface area contributed by atoms with Gasteiger partial charge in [0.25, 0.3) is 0 Å². The van der Waals surface area contributed by atoms with Gasteiger partial charge in [0.15, 0.2) is 0 Å². The highest BCUT2D eigenvalue weighted by Gasteiger charge is 2.33. The van der Waals surface area contributed by atoms with Gasteiger partial charge in [0.1, 0.15) is 12.1 Å². The number of hydrogen-bond donors (Lipinski definition) is 2. The first-order valence-corrected chi connectivity index (χ1v) is 6.90. The van der Waals surface area contributed by atoms with Crippen molar-refractivity contribution in [2.45, 2.75) is 38.8 Å². The molecular formula is C15H19N3O3. The SMILES string of the molecule is CCCC(C)(NC(=O)Cn1cnc2ccccc21)C(=O)O. The van der Waals surface area contributed by atoms with E-state index in [1.165, 1.54) is 6.92 Å². The fourth-order valence-electron chi connectivity index (χ4n) is 2.36. The van der Waals surface area contributed by atoms with E-state index in [9.17, 15) is 14.7 Å². The fraction of sp³-hybridized carbons (Fsp3) is 0.400. The van der Waals surface area contributed by atoms with Crippen LogP contribution in [0.2, 0.25) is 0 Å². The van der Waals surface area contributed by atoms with Crippen molar-refractivity contribution >= 4 is 22.9 Å². The molecule has 2 N–H and O–H groups in total. The fourth-order valence-corrected chi connectivity index (χ4v) is 2.36. The average molecular weight is 289 g/mol. The summed E-state index contributed by atoms with van der Waals surface area (Å²) in [6.45, 7) is 3.46. The van der Waals surface area contributed by atoms with E-state index in [1.54, 1.807) is 10.9 Å². The van der Waals surface area contributed by atoms with Crippen molar-refractivity contribution in [3.8, 4) is 0 Å². The number of para-hydroxylation sites is 2. The van der Waals surface area contributed by atoms with Crippen LogP contribution >= 0.6 is 0 Å². The summed E-state index contributed by atoms with van der Waals surface area (Å²) in [5.74, 6) is -1.36. The molecule has 0 radical (unpaired) electrons. The van der Waals surface area contributed by atoms with E-state index < -0.39 is 11.5 Å². The molecule has 1 amide bonds. The molecule has 0 saturated carbocycles. The second-order valence-electron chi connectivity index (χ2n) is 5.30.